The van der Waals surface area contributed by atoms with E-state index in [2.05, 4.69) is 29.7 Å². The number of hydrogen-bond acceptors (Lipinski definition) is 2. The number of hydrogen-bond donors (Lipinski definition) is 2. The third-order valence-electron chi connectivity index (χ3n) is 3.70. The zero-order chi connectivity index (χ0) is 14.4. The lowest BCUT2D eigenvalue weighted by Gasteiger charge is -2.15. The minimum atomic E-state index is -0.375. The van der Waals surface area contributed by atoms with Crippen LogP contribution in [0.2, 0.25) is 0 Å². The van der Waals surface area contributed by atoms with E-state index in [0.29, 0.717) is 13.0 Å². The molecule has 2 rings (SSSR count). The number of carbonyl (C=O) groups excluding carboxylic acids is 2. The Hall–Kier alpha value is -1.84. The van der Waals surface area contributed by atoms with Gasteiger partial charge in [-0.05, 0) is 30.4 Å². The van der Waals surface area contributed by atoms with E-state index in [1.807, 2.05) is 12.1 Å². The van der Waals surface area contributed by atoms with Crippen molar-refractivity contribution in [3.8, 4) is 0 Å². The van der Waals surface area contributed by atoms with Gasteiger partial charge in [0.15, 0.2) is 0 Å². The normalized spacial score (nSPS) is 19.1. The Morgan fingerprint density at radius 1 is 1.25 bits per heavy atom. The fourth-order valence-electron chi connectivity index (χ4n) is 2.37. The molecule has 2 N–H and O–H groups in total. The third kappa shape index (κ3) is 4.08. The molecule has 1 saturated heterocycles. The van der Waals surface area contributed by atoms with Gasteiger partial charge in [-0.1, -0.05) is 37.6 Å². The SMILES string of the molecule is CCc1ccc(CNC(=O)C2CCCCC(=O)N2)cc1. The van der Waals surface area contributed by atoms with Crippen molar-refractivity contribution in [3.05, 3.63) is 35.4 Å². The molecule has 1 atom stereocenters. The lowest BCUT2D eigenvalue weighted by molar-refractivity contribution is -0.128. The van der Waals surface area contributed by atoms with Crippen molar-refractivity contribution in [2.45, 2.75) is 51.6 Å². The summed E-state index contributed by atoms with van der Waals surface area (Å²) in [5.74, 6) is -0.102. The van der Waals surface area contributed by atoms with Crippen molar-refractivity contribution in [2.75, 3.05) is 0 Å². The van der Waals surface area contributed by atoms with E-state index < -0.39 is 0 Å². The summed E-state index contributed by atoms with van der Waals surface area (Å²) in [5.41, 5.74) is 2.37. The van der Waals surface area contributed by atoms with Gasteiger partial charge in [0.2, 0.25) is 11.8 Å². The van der Waals surface area contributed by atoms with Gasteiger partial charge < -0.3 is 10.6 Å². The van der Waals surface area contributed by atoms with Crippen LogP contribution in [0.5, 0.6) is 0 Å². The Morgan fingerprint density at radius 2 is 1.95 bits per heavy atom. The highest BCUT2D eigenvalue weighted by molar-refractivity contribution is 5.87. The van der Waals surface area contributed by atoms with Crippen molar-refractivity contribution in [3.63, 3.8) is 0 Å². The first-order valence-electron chi connectivity index (χ1n) is 7.34. The maximum absolute atomic E-state index is 12.1. The highest BCUT2D eigenvalue weighted by Crippen LogP contribution is 2.10. The second-order valence-corrected chi connectivity index (χ2v) is 5.25. The van der Waals surface area contributed by atoms with Crippen LogP contribution in [-0.4, -0.2) is 17.9 Å². The molecule has 1 heterocycles. The summed E-state index contributed by atoms with van der Waals surface area (Å²) < 4.78 is 0. The van der Waals surface area contributed by atoms with E-state index in [9.17, 15) is 9.59 Å². The maximum Gasteiger partial charge on any atom is 0.242 e. The molecule has 0 spiro atoms. The molecule has 0 saturated carbocycles. The van der Waals surface area contributed by atoms with Gasteiger partial charge in [-0.2, -0.15) is 0 Å². The zero-order valence-corrected chi connectivity index (χ0v) is 11.9. The third-order valence-corrected chi connectivity index (χ3v) is 3.70. The molecule has 1 aliphatic rings. The van der Waals surface area contributed by atoms with E-state index in [4.69, 9.17) is 0 Å². The first-order chi connectivity index (χ1) is 9.69. The molecular formula is C16H22N2O2. The first kappa shape index (κ1) is 14.6. The molecule has 1 aromatic carbocycles. The average molecular weight is 274 g/mol. The molecule has 2 amide bonds. The second kappa shape index (κ2) is 7.08. The van der Waals surface area contributed by atoms with E-state index in [1.165, 1.54) is 5.56 Å². The van der Waals surface area contributed by atoms with Crippen LogP contribution in [0.15, 0.2) is 24.3 Å². The molecule has 0 aliphatic carbocycles. The lowest BCUT2D eigenvalue weighted by atomic mass is 10.1. The van der Waals surface area contributed by atoms with Gasteiger partial charge in [0.1, 0.15) is 6.04 Å². The van der Waals surface area contributed by atoms with Gasteiger partial charge >= 0.3 is 0 Å². The monoisotopic (exact) mass is 274 g/mol. The summed E-state index contributed by atoms with van der Waals surface area (Å²) in [5, 5.41) is 5.68. The molecule has 4 nitrogen and oxygen atoms in total. The first-order valence-corrected chi connectivity index (χ1v) is 7.34. The van der Waals surface area contributed by atoms with E-state index in [-0.39, 0.29) is 17.9 Å². The Bertz CT molecular complexity index is 468. The average Bonchev–Trinajstić information content (AvgIpc) is 2.70. The zero-order valence-electron chi connectivity index (χ0n) is 11.9. The molecule has 0 bridgehead atoms. The molecule has 108 valence electrons. The van der Waals surface area contributed by atoms with Crippen LogP contribution in [-0.2, 0) is 22.6 Å². The van der Waals surface area contributed by atoms with Crippen LogP contribution in [0.3, 0.4) is 0 Å². The minimum Gasteiger partial charge on any atom is -0.350 e. The summed E-state index contributed by atoms with van der Waals surface area (Å²) in [6.45, 7) is 2.63. The minimum absolute atomic E-state index is 0.0186. The number of carbonyl (C=O) groups is 2. The summed E-state index contributed by atoms with van der Waals surface area (Å²) in [6.07, 6.45) is 4.06. The van der Waals surface area contributed by atoms with Crippen LogP contribution in [0, 0.1) is 0 Å². The molecule has 0 aromatic heterocycles. The number of amides is 2. The summed E-state index contributed by atoms with van der Waals surface area (Å²) in [7, 11) is 0. The summed E-state index contributed by atoms with van der Waals surface area (Å²) in [6, 6.07) is 7.85. The lowest BCUT2D eigenvalue weighted by Crippen LogP contribution is -2.45. The van der Waals surface area contributed by atoms with Gasteiger partial charge in [-0.3, -0.25) is 9.59 Å². The number of aryl methyl sites for hydroxylation is 1. The Labute approximate surface area is 119 Å². The van der Waals surface area contributed by atoms with E-state index in [0.717, 1.165) is 31.2 Å². The van der Waals surface area contributed by atoms with E-state index in [1.54, 1.807) is 0 Å². The predicted octanol–water partition coefficient (Wildman–Crippen LogP) is 1.92. The van der Waals surface area contributed by atoms with E-state index >= 15 is 0 Å². The van der Waals surface area contributed by atoms with Crippen LogP contribution in [0.4, 0.5) is 0 Å². The highest BCUT2D eigenvalue weighted by atomic mass is 16.2. The second-order valence-electron chi connectivity index (χ2n) is 5.25. The molecule has 1 aromatic rings. The van der Waals surface area contributed by atoms with Crippen molar-refractivity contribution in [1.29, 1.82) is 0 Å². The summed E-state index contributed by atoms with van der Waals surface area (Å²) >= 11 is 0. The van der Waals surface area contributed by atoms with Crippen LogP contribution in [0.25, 0.3) is 0 Å². The van der Waals surface area contributed by atoms with Gasteiger partial charge in [0.25, 0.3) is 0 Å². The van der Waals surface area contributed by atoms with Gasteiger partial charge in [0, 0.05) is 13.0 Å². The Morgan fingerprint density at radius 3 is 2.65 bits per heavy atom. The van der Waals surface area contributed by atoms with Gasteiger partial charge in [-0.25, -0.2) is 0 Å². The van der Waals surface area contributed by atoms with Gasteiger partial charge in [-0.15, -0.1) is 0 Å². The topological polar surface area (TPSA) is 58.2 Å². The number of rotatable bonds is 4. The maximum atomic E-state index is 12.1. The van der Waals surface area contributed by atoms with Crippen molar-refractivity contribution in [2.24, 2.45) is 0 Å². The van der Waals surface area contributed by atoms with Crippen molar-refractivity contribution >= 4 is 11.8 Å². The molecule has 4 heteroatoms. The molecule has 1 fully saturated rings. The molecule has 20 heavy (non-hydrogen) atoms. The standard InChI is InChI=1S/C16H22N2O2/c1-2-12-7-9-13(10-8-12)11-17-16(20)14-5-3-4-6-15(19)18-14/h7-10,14H,2-6,11H2,1H3,(H,17,20)(H,18,19). The molecule has 0 radical (unpaired) electrons. The number of nitrogens with one attached hydrogen (secondary N) is 2. The van der Waals surface area contributed by atoms with Crippen LogP contribution < -0.4 is 10.6 Å². The smallest absolute Gasteiger partial charge is 0.242 e. The summed E-state index contributed by atoms with van der Waals surface area (Å²) in [4.78, 5) is 23.5. The molecular weight excluding hydrogens is 252 g/mol. The van der Waals surface area contributed by atoms with Crippen LogP contribution in [0.1, 0.15) is 43.7 Å². The highest BCUT2D eigenvalue weighted by Gasteiger charge is 2.22. The molecule has 1 aliphatic heterocycles. The molecule has 1 unspecified atom stereocenters. The van der Waals surface area contributed by atoms with Gasteiger partial charge in [0.05, 0.1) is 0 Å². The van der Waals surface area contributed by atoms with Crippen LogP contribution >= 0.6 is 0 Å². The largest absolute Gasteiger partial charge is 0.350 e. The number of benzene rings is 1. The van der Waals surface area contributed by atoms with Crippen molar-refractivity contribution in [1.82, 2.24) is 10.6 Å². The fraction of sp³-hybridized carbons (Fsp3) is 0.500. The Kier molecular flexibility index (Phi) is 5.16. The quantitative estimate of drug-likeness (QED) is 0.881. The Balaban J connectivity index is 1.85. The van der Waals surface area contributed by atoms with Crippen molar-refractivity contribution < 1.29 is 9.59 Å². The predicted molar refractivity (Wildman–Crippen MR) is 78.1 cm³/mol. The fourth-order valence-corrected chi connectivity index (χ4v) is 2.37.